The van der Waals surface area contributed by atoms with Crippen LogP contribution in [0.2, 0.25) is 0 Å². The number of amides is 1. The number of fused-ring (bicyclic) bond motifs is 1. The lowest BCUT2D eigenvalue weighted by Gasteiger charge is -2.22. The SMILES string of the molecule is CCCN(CCC)S(=O)(=O)c1ccc(C(=O)N(Cc2cccnc2)c2nc3c(C)cc(C)cc3s2)cc1. The molecule has 2 aromatic carbocycles. The van der Waals surface area contributed by atoms with Gasteiger partial charge in [-0.2, -0.15) is 4.31 Å². The minimum absolute atomic E-state index is 0.191. The van der Waals surface area contributed by atoms with Crippen LogP contribution >= 0.6 is 11.3 Å². The Morgan fingerprint density at radius 2 is 1.70 bits per heavy atom. The van der Waals surface area contributed by atoms with Crippen LogP contribution in [0.3, 0.4) is 0 Å². The maximum Gasteiger partial charge on any atom is 0.260 e. The van der Waals surface area contributed by atoms with Crippen LogP contribution in [-0.4, -0.2) is 41.7 Å². The zero-order chi connectivity index (χ0) is 26.6. The monoisotopic (exact) mass is 536 g/mol. The van der Waals surface area contributed by atoms with Gasteiger partial charge in [-0.3, -0.25) is 14.7 Å². The number of carbonyl (C=O) groups is 1. The number of aryl methyl sites for hydroxylation is 2. The molecular formula is C28H32N4O3S2. The standard InChI is InChI=1S/C28H32N4O3S2/c1-5-14-31(15-6-2)37(34,35)24-11-9-23(10-12-24)27(33)32(19-22-8-7-13-29-18-22)28-30-26-21(4)16-20(3)17-25(26)36-28/h7-13,16-18H,5-6,14-15,19H2,1-4H3. The molecule has 0 radical (unpaired) electrons. The maximum atomic E-state index is 13.8. The molecule has 37 heavy (non-hydrogen) atoms. The summed E-state index contributed by atoms with van der Waals surface area (Å²) in [7, 11) is -3.63. The molecule has 2 aromatic heterocycles. The van der Waals surface area contributed by atoms with Gasteiger partial charge in [0.2, 0.25) is 10.0 Å². The molecule has 0 saturated carbocycles. The molecule has 194 valence electrons. The van der Waals surface area contributed by atoms with Crippen molar-refractivity contribution < 1.29 is 13.2 Å². The van der Waals surface area contributed by atoms with Crippen molar-refractivity contribution in [3.63, 3.8) is 0 Å². The van der Waals surface area contributed by atoms with Gasteiger partial charge in [0, 0.05) is 31.0 Å². The Morgan fingerprint density at radius 3 is 2.32 bits per heavy atom. The average molecular weight is 537 g/mol. The Balaban J connectivity index is 1.70. The molecule has 0 aliphatic rings. The molecular weight excluding hydrogens is 504 g/mol. The molecule has 1 amide bonds. The number of pyridine rings is 1. The van der Waals surface area contributed by atoms with Crippen LogP contribution in [0.25, 0.3) is 10.2 Å². The lowest BCUT2D eigenvalue weighted by Crippen LogP contribution is -2.33. The molecule has 0 aliphatic heterocycles. The van der Waals surface area contributed by atoms with Gasteiger partial charge in [-0.1, -0.05) is 37.3 Å². The predicted octanol–water partition coefficient (Wildman–Crippen LogP) is 5.97. The number of hydrogen-bond donors (Lipinski definition) is 0. The van der Waals surface area contributed by atoms with Crippen LogP contribution < -0.4 is 4.90 Å². The topological polar surface area (TPSA) is 83.5 Å². The lowest BCUT2D eigenvalue weighted by atomic mass is 10.1. The number of sulfonamides is 1. The Morgan fingerprint density at radius 1 is 1.00 bits per heavy atom. The van der Waals surface area contributed by atoms with Crippen LogP contribution in [0.15, 0.2) is 65.8 Å². The summed E-state index contributed by atoms with van der Waals surface area (Å²) in [6, 6.07) is 14.1. The summed E-state index contributed by atoms with van der Waals surface area (Å²) in [5.74, 6) is -0.250. The summed E-state index contributed by atoms with van der Waals surface area (Å²) < 4.78 is 28.9. The molecule has 0 saturated heterocycles. The first-order valence-electron chi connectivity index (χ1n) is 12.4. The van der Waals surface area contributed by atoms with Gasteiger partial charge in [0.15, 0.2) is 5.13 Å². The third-order valence-electron chi connectivity index (χ3n) is 6.04. The fourth-order valence-corrected chi connectivity index (χ4v) is 7.06. The molecule has 0 N–H and O–H groups in total. The van der Waals surface area contributed by atoms with Crippen molar-refractivity contribution in [1.82, 2.24) is 14.3 Å². The molecule has 0 atom stereocenters. The van der Waals surface area contributed by atoms with Crippen LogP contribution in [0, 0.1) is 13.8 Å². The van der Waals surface area contributed by atoms with Crippen LogP contribution in [0.5, 0.6) is 0 Å². The largest absolute Gasteiger partial charge is 0.279 e. The smallest absolute Gasteiger partial charge is 0.260 e. The Hall–Kier alpha value is -3.14. The number of nitrogens with zero attached hydrogens (tertiary/aromatic N) is 4. The van der Waals surface area contributed by atoms with Crippen LogP contribution in [0.4, 0.5) is 5.13 Å². The summed E-state index contributed by atoms with van der Waals surface area (Å²) in [5.41, 5.74) is 4.35. The van der Waals surface area contributed by atoms with Gasteiger partial charge in [-0.15, -0.1) is 0 Å². The Bertz CT molecular complexity index is 1480. The maximum absolute atomic E-state index is 13.8. The van der Waals surface area contributed by atoms with E-state index in [0.717, 1.165) is 39.7 Å². The van der Waals surface area contributed by atoms with E-state index < -0.39 is 10.0 Å². The van der Waals surface area contributed by atoms with Gasteiger partial charge in [-0.25, -0.2) is 13.4 Å². The number of benzene rings is 2. The molecule has 0 aliphatic carbocycles. The van der Waals surface area contributed by atoms with Crippen molar-refractivity contribution in [2.24, 2.45) is 0 Å². The third-order valence-corrected chi connectivity index (χ3v) is 8.98. The first-order valence-corrected chi connectivity index (χ1v) is 14.7. The van der Waals surface area contributed by atoms with E-state index in [1.54, 1.807) is 29.4 Å². The van der Waals surface area contributed by atoms with Gasteiger partial charge in [0.05, 0.1) is 21.7 Å². The van der Waals surface area contributed by atoms with Gasteiger partial charge in [0.1, 0.15) is 0 Å². The highest BCUT2D eigenvalue weighted by atomic mass is 32.2. The second-order valence-electron chi connectivity index (χ2n) is 9.11. The van der Waals surface area contributed by atoms with Crippen molar-refractivity contribution in [3.05, 3.63) is 83.2 Å². The minimum Gasteiger partial charge on any atom is -0.279 e. The van der Waals surface area contributed by atoms with Crippen molar-refractivity contribution >= 4 is 42.6 Å². The number of carbonyl (C=O) groups excluding carboxylic acids is 1. The number of hydrogen-bond acceptors (Lipinski definition) is 6. The van der Waals surface area contributed by atoms with E-state index in [4.69, 9.17) is 4.98 Å². The number of thiazole rings is 1. The molecule has 9 heteroatoms. The van der Waals surface area contributed by atoms with Gasteiger partial charge >= 0.3 is 0 Å². The zero-order valence-corrected chi connectivity index (χ0v) is 23.3. The van der Waals surface area contributed by atoms with E-state index in [1.165, 1.54) is 27.8 Å². The number of rotatable bonds is 10. The van der Waals surface area contributed by atoms with E-state index in [-0.39, 0.29) is 10.8 Å². The average Bonchev–Trinajstić information content (AvgIpc) is 3.31. The highest BCUT2D eigenvalue weighted by Crippen LogP contribution is 2.33. The molecule has 7 nitrogen and oxygen atoms in total. The normalized spacial score (nSPS) is 11.8. The van der Waals surface area contributed by atoms with E-state index in [9.17, 15) is 13.2 Å². The molecule has 4 aromatic rings. The fourth-order valence-electron chi connectivity index (χ4n) is 4.30. The van der Waals surface area contributed by atoms with Crippen molar-refractivity contribution in [2.45, 2.75) is 52.0 Å². The molecule has 0 fully saturated rings. The second-order valence-corrected chi connectivity index (χ2v) is 12.1. The van der Waals surface area contributed by atoms with Gasteiger partial charge < -0.3 is 0 Å². The molecule has 2 heterocycles. The van der Waals surface area contributed by atoms with E-state index in [2.05, 4.69) is 17.1 Å². The number of anilines is 1. The Kier molecular flexibility index (Phi) is 8.36. The van der Waals surface area contributed by atoms with E-state index in [1.807, 2.05) is 39.8 Å². The summed E-state index contributed by atoms with van der Waals surface area (Å²) >= 11 is 1.47. The fraction of sp³-hybridized carbons (Fsp3) is 0.321. The highest BCUT2D eigenvalue weighted by molar-refractivity contribution is 7.89. The van der Waals surface area contributed by atoms with Crippen LogP contribution in [-0.2, 0) is 16.6 Å². The zero-order valence-electron chi connectivity index (χ0n) is 21.6. The first-order chi connectivity index (χ1) is 17.7. The van der Waals surface area contributed by atoms with Crippen molar-refractivity contribution in [1.29, 1.82) is 0 Å². The lowest BCUT2D eigenvalue weighted by molar-refractivity contribution is 0.0985. The van der Waals surface area contributed by atoms with Crippen molar-refractivity contribution in [2.75, 3.05) is 18.0 Å². The van der Waals surface area contributed by atoms with E-state index >= 15 is 0 Å². The van der Waals surface area contributed by atoms with Gasteiger partial charge in [0.25, 0.3) is 5.91 Å². The summed E-state index contributed by atoms with van der Waals surface area (Å²) in [6.07, 6.45) is 4.90. The molecule has 0 bridgehead atoms. The summed E-state index contributed by atoms with van der Waals surface area (Å²) in [6.45, 7) is 9.21. The first kappa shape index (κ1) is 26.9. The highest BCUT2D eigenvalue weighted by Gasteiger charge is 2.26. The van der Waals surface area contributed by atoms with Gasteiger partial charge in [-0.05, 0) is 79.8 Å². The third kappa shape index (κ3) is 5.89. The Labute approximate surface area is 222 Å². The van der Waals surface area contributed by atoms with E-state index in [0.29, 0.717) is 30.3 Å². The second kappa shape index (κ2) is 11.5. The summed E-state index contributed by atoms with van der Waals surface area (Å²) in [4.78, 5) is 24.6. The summed E-state index contributed by atoms with van der Waals surface area (Å²) in [5, 5.41) is 0.589. The quantitative estimate of drug-likeness (QED) is 0.249. The minimum atomic E-state index is -3.63. The van der Waals surface area contributed by atoms with Crippen molar-refractivity contribution in [3.8, 4) is 0 Å². The predicted molar refractivity (Wildman–Crippen MR) is 150 cm³/mol. The molecule has 0 spiro atoms. The molecule has 4 rings (SSSR count). The van der Waals surface area contributed by atoms with Crippen LogP contribution in [0.1, 0.15) is 53.7 Å². The number of aromatic nitrogens is 2. The molecule has 0 unspecified atom stereocenters.